The Bertz CT molecular complexity index is 302. The molecule has 66 valence electrons. The summed E-state index contributed by atoms with van der Waals surface area (Å²) < 4.78 is 1.57. The first-order valence-electron chi connectivity index (χ1n) is 3.73. The van der Waals surface area contributed by atoms with Gasteiger partial charge in [0, 0.05) is 7.05 Å². The molecule has 0 aliphatic rings. The van der Waals surface area contributed by atoms with Crippen LogP contribution in [0.2, 0.25) is 0 Å². The molecule has 0 aromatic carbocycles. The number of nitrogens with two attached hydrogens (primary N) is 1. The summed E-state index contributed by atoms with van der Waals surface area (Å²) in [5.74, 6) is -0.320. The highest BCUT2D eigenvalue weighted by Crippen LogP contribution is 2.15. The predicted molar refractivity (Wildman–Crippen MR) is 43.6 cm³/mol. The molecular weight excluding hydrogens is 156 g/mol. The van der Waals surface area contributed by atoms with Crippen LogP contribution in [-0.2, 0) is 7.05 Å². The first-order chi connectivity index (χ1) is 5.54. The van der Waals surface area contributed by atoms with Crippen LogP contribution in [0.15, 0.2) is 0 Å². The van der Waals surface area contributed by atoms with Crippen LogP contribution in [0.5, 0.6) is 0 Å². The Morgan fingerprint density at radius 2 is 2.17 bits per heavy atom. The fourth-order valence-corrected chi connectivity index (χ4v) is 1.19. The number of hydrogen-bond acceptors (Lipinski definition) is 3. The molecule has 1 heterocycles. The van der Waals surface area contributed by atoms with Crippen molar-refractivity contribution in [3.05, 3.63) is 11.4 Å². The summed E-state index contributed by atoms with van der Waals surface area (Å²) in [5.41, 5.74) is 6.16. The molecule has 5 nitrogen and oxygen atoms in total. The smallest absolute Gasteiger partial charge is 0.271 e. The van der Waals surface area contributed by atoms with E-state index in [-0.39, 0.29) is 11.6 Å². The van der Waals surface area contributed by atoms with Gasteiger partial charge in [-0.2, -0.15) is 0 Å². The van der Waals surface area contributed by atoms with Crippen molar-refractivity contribution in [1.29, 1.82) is 0 Å². The number of aryl methyl sites for hydroxylation is 1. The van der Waals surface area contributed by atoms with Crippen molar-refractivity contribution < 1.29 is 4.79 Å². The fourth-order valence-electron chi connectivity index (χ4n) is 1.19. The summed E-state index contributed by atoms with van der Waals surface area (Å²) in [6.45, 7) is 3.93. The van der Waals surface area contributed by atoms with Crippen LogP contribution in [0, 0.1) is 0 Å². The number of aromatic nitrogens is 3. The normalized spacial score (nSPS) is 10.7. The predicted octanol–water partition coefficient (Wildman–Crippen LogP) is 0.0374. The second-order valence-corrected chi connectivity index (χ2v) is 2.97. The topological polar surface area (TPSA) is 73.8 Å². The standard InChI is InChI=1S/C7H12N4O/c1-4(2)6-5(7(8)12)9-10-11(6)3/h4H,1-3H3,(H2,8,12). The maximum Gasteiger partial charge on any atom is 0.271 e. The lowest BCUT2D eigenvalue weighted by Gasteiger charge is -2.04. The van der Waals surface area contributed by atoms with Crippen molar-refractivity contribution in [3.8, 4) is 0 Å². The van der Waals surface area contributed by atoms with Gasteiger partial charge in [-0.1, -0.05) is 19.1 Å². The molecule has 1 amide bonds. The quantitative estimate of drug-likeness (QED) is 0.677. The van der Waals surface area contributed by atoms with E-state index in [0.29, 0.717) is 0 Å². The van der Waals surface area contributed by atoms with Gasteiger partial charge in [-0.25, -0.2) is 0 Å². The Balaban J connectivity index is 3.21. The molecule has 0 saturated heterocycles. The summed E-state index contributed by atoms with van der Waals surface area (Å²) in [4.78, 5) is 10.8. The molecule has 0 radical (unpaired) electrons. The Morgan fingerprint density at radius 1 is 1.58 bits per heavy atom. The molecule has 0 saturated carbocycles. The van der Waals surface area contributed by atoms with Crippen molar-refractivity contribution in [2.75, 3.05) is 0 Å². The van der Waals surface area contributed by atoms with Crippen LogP contribution < -0.4 is 5.73 Å². The average molecular weight is 168 g/mol. The summed E-state index contributed by atoms with van der Waals surface area (Å²) in [5, 5.41) is 7.40. The fraction of sp³-hybridized carbons (Fsp3) is 0.571. The van der Waals surface area contributed by atoms with Crippen molar-refractivity contribution in [3.63, 3.8) is 0 Å². The second-order valence-electron chi connectivity index (χ2n) is 2.97. The molecule has 1 aromatic heterocycles. The van der Waals surface area contributed by atoms with Gasteiger partial charge in [0.2, 0.25) is 0 Å². The lowest BCUT2D eigenvalue weighted by molar-refractivity contribution is 0.0994. The Morgan fingerprint density at radius 3 is 2.50 bits per heavy atom. The van der Waals surface area contributed by atoms with Gasteiger partial charge in [-0.15, -0.1) is 5.10 Å². The Kier molecular flexibility index (Phi) is 2.12. The number of rotatable bonds is 2. The molecule has 1 aromatic rings. The molecule has 1 rings (SSSR count). The minimum atomic E-state index is -0.521. The van der Waals surface area contributed by atoms with E-state index in [9.17, 15) is 4.79 Å². The highest BCUT2D eigenvalue weighted by atomic mass is 16.1. The molecule has 0 spiro atoms. The third-order valence-electron chi connectivity index (χ3n) is 1.65. The average Bonchev–Trinajstić information content (AvgIpc) is 2.30. The number of carbonyl (C=O) groups is 1. The zero-order valence-electron chi connectivity index (χ0n) is 7.40. The van der Waals surface area contributed by atoms with E-state index in [1.54, 1.807) is 11.7 Å². The van der Waals surface area contributed by atoms with Gasteiger partial charge in [0.05, 0.1) is 5.69 Å². The number of amides is 1. The van der Waals surface area contributed by atoms with E-state index in [4.69, 9.17) is 5.73 Å². The lowest BCUT2D eigenvalue weighted by atomic mass is 10.1. The zero-order valence-corrected chi connectivity index (χ0v) is 7.40. The molecule has 0 unspecified atom stereocenters. The van der Waals surface area contributed by atoms with Crippen LogP contribution in [0.4, 0.5) is 0 Å². The van der Waals surface area contributed by atoms with E-state index in [1.165, 1.54) is 0 Å². The molecule has 0 aliphatic heterocycles. The van der Waals surface area contributed by atoms with Crippen LogP contribution in [0.3, 0.4) is 0 Å². The number of primary amides is 1. The molecule has 0 fully saturated rings. The summed E-state index contributed by atoms with van der Waals surface area (Å²) in [7, 11) is 1.74. The number of hydrogen-bond donors (Lipinski definition) is 1. The summed E-state index contributed by atoms with van der Waals surface area (Å²) in [6, 6.07) is 0. The van der Waals surface area contributed by atoms with Crippen LogP contribution in [0.1, 0.15) is 35.9 Å². The van der Waals surface area contributed by atoms with Gasteiger partial charge >= 0.3 is 0 Å². The first-order valence-corrected chi connectivity index (χ1v) is 3.73. The third-order valence-corrected chi connectivity index (χ3v) is 1.65. The molecule has 0 bridgehead atoms. The minimum Gasteiger partial charge on any atom is -0.364 e. The summed E-state index contributed by atoms with van der Waals surface area (Å²) >= 11 is 0. The number of carbonyl (C=O) groups excluding carboxylic acids is 1. The molecule has 5 heteroatoms. The molecular formula is C7H12N4O. The van der Waals surface area contributed by atoms with Gasteiger partial charge in [-0.3, -0.25) is 9.48 Å². The van der Waals surface area contributed by atoms with Gasteiger partial charge in [0.15, 0.2) is 5.69 Å². The van der Waals surface area contributed by atoms with Crippen LogP contribution in [-0.4, -0.2) is 20.9 Å². The van der Waals surface area contributed by atoms with E-state index in [0.717, 1.165) is 5.69 Å². The van der Waals surface area contributed by atoms with E-state index >= 15 is 0 Å². The second kappa shape index (κ2) is 2.92. The van der Waals surface area contributed by atoms with Crippen LogP contribution >= 0.6 is 0 Å². The molecule has 2 N–H and O–H groups in total. The third kappa shape index (κ3) is 1.30. The van der Waals surface area contributed by atoms with Crippen molar-refractivity contribution >= 4 is 5.91 Å². The molecule has 0 atom stereocenters. The number of nitrogens with zero attached hydrogens (tertiary/aromatic N) is 3. The van der Waals surface area contributed by atoms with E-state index in [1.807, 2.05) is 13.8 Å². The monoisotopic (exact) mass is 168 g/mol. The maximum atomic E-state index is 10.8. The SMILES string of the molecule is CC(C)c1c(C(N)=O)nnn1C. The zero-order chi connectivity index (χ0) is 9.30. The Hall–Kier alpha value is -1.39. The van der Waals surface area contributed by atoms with Crippen molar-refractivity contribution in [2.24, 2.45) is 12.8 Å². The largest absolute Gasteiger partial charge is 0.364 e. The van der Waals surface area contributed by atoms with Crippen molar-refractivity contribution in [1.82, 2.24) is 15.0 Å². The van der Waals surface area contributed by atoms with Gasteiger partial charge in [0.25, 0.3) is 5.91 Å². The van der Waals surface area contributed by atoms with Crippen LogP contribution in [0.25, 0.3) is 0 Å². The highest BCUT2D eigenvalue weighted by Gasteiger charge is 2.17. The summed E-state index contributed by atoms with van der Waals surface area (Å²) in [6.07, 6.45) is 0. The molecule has 0 aliphatic carbocycles. The molecule has 12 heavy (non-hydrogen) atoms. The van der Waals surface area contributed by atoms with Gasteiger partial charge in [0.1, 0.15) is 0 Å². The Labute approximate surface area is 70.6 Å². The van der Waals surface area contributed by atoms with Crippen molar-refractivity contribution in [2.45, 2.75) is 19.8 Å². The lowest BCUT2D eigenvalue weighted by Crippen LogP contribution is -2.15. The van der Waals surface area contributed by atoms with Gasteiger partial charge in [-0.05, 0) is 5.92 Å². The highest BCUT2D eigenvalue weighted by molar-refractivity contribution is 5.91. The van der Waals surface area contributed by atoms with E-state index < -0.39 is 5.91 Å². The van der Waals surface area contributed by atoms with Gasteiger partial charge < -0.3 is 5.73 Å². The maximum absolute atomic E-state index is 10.8. The van der Waals surface area contributed by atoms with E-state index in [2.05, 4.69) is 10.3 Å². The minimum absolute atomic E-state index is 0.201. The first kappa shape index (κ1) is 8.70.